The lowest BCUT2D eigenvalue weighted by molar-refractivity contribution is 0.0937. The molecular weight excluding hydrogens is 202 g/mol. The zero-order valence-corrected chi connectivity index (χ0v) is 10.1. The fourth-order valence-electron chi connectivity index (χ4n) is 1.93. The molecular formula is C12H19N3O. The van der Waals surface area contributed by atoms with Crippen molar-refractivity contribution in [3.63, 3.8) is 0 Å². The van der Waals surface area contributed by atoms with E-state index in [0.717, 1.165) is 13.0 Å². The highest BCUT2D eigenvalue weighted by Crippen LogP contribution is 2.44. The van der Waals surface area contributed by atoms with E-state index in [4.69, 9.17) is 5.73 Å². The molecule has 2 rings (SSSR count). The highest BCUT2D eigenvalue weighted by atomic mass is 16.2. The molecule has 88 valence electrons. The number of nitrogen functional groups attached to an aromatic ring is 1. The summed E-state index contributed by atoms with van der Waals surface area (Å²) in [5.74, 6) is -0.0193. The number of carbonyl (C=O) groups excluding carboxylic acids is 1. The van der Waals surface area contributed by atoms with Crippen molar-refractivity contribution in [3.05, 3.63) is 18.0 Å². The summed E-state index contributed by atoms with van der Waals surface area (Å²) in [4.78, 5) is 12.0. The fourth-order valence-corrected chi connectivity index (χ4v) is 1.93. The van der Waals surface area contributed by atoms with Gasteiger partial charge in [-0.3, -0.25) is 4.79 Å². The summed E-state index contributed by atoms with van der Waals surface area (Å²) in [6.07, 6.45) is 2.86. The van der Waals surface area contributed by atoms with E-state index in [1.807, 2.05) is 11.5 Å². The van der Waals surface area contributed by atoms with Crippen LogP contribution in [0.2, 0.25) is 0 Å². The average molecular weight is 221 g/mol. The molecule has 1 aromatic heterocycles. The van der Waals surface area contributed by atoms with Crippen LogP contribution >= 0.6 is 0 Å². The smallest absolute Gasteiger partial charge is 0.268 e. The van der Waals surface area contributed by atoms with Crippen molar-refractivity contribution in [2.75, 3.05) is 5.73 Å². The van der Waals surface area contributed by atoms with Crippen LogP contribution in [0, 0.1) is 5.41 Å². The summed E-state index contributed by atoms with van der Waals surface area (Å²) in [6, 6.07) is 2.04. The molecule has 0 spiro atoms. The number of nitrogens with zero attached hydrogens (tertiary/aromatic N) is 1. The summed E-state index contributed by atoms with van der Waals surface area (Å²) >= 11 is 0. The number of nitrogens with one attached hydrogen (secondary N) is 1. The van der Waals surface area contributed by atoms with Gasteiger partial charge < -0.3 is 15.6 Å². The molecule has 1 heterocycles. The first-order valence-corrected chi connectivity index (χ1v) is 5.70. The van der Waals surface area contributed by atoms with Crippen LogP contribution in [-0.4, -0.2) is 16.5 Å². The van der Waals surface area contributed by atoms with E-state index in [1.54, 1.807) is 12.3 Å². The largest absolute Gasteiger partial charge is 0.397 e. The van der Waals surface area contributed by atoms with Crippen LogP contribution < -0.4 is 11.1 Å². The van der Waals surface area contributed by atoms with Gasteiger partial charge in [-0.2, -0.15) is 0 Å². The number of carbonyl (C=O) groups is 1. The second-order valence-corrected chi connectivity index (χ2v) is 5.16. The summed E-state index contributed by atoms with van der Waals surface area (Å²) < 4.78 is 1.88. The highest BCUT2D eigenvalue weighted by molar-refractivity contribution is 5.94. The van der Waals surface area contributed by atoms with Gasteiger partial charge in [0, 0.05) is 18.8 Å². The standard InChI is InChI=1S/C12H19N3O/c1-4-15-7-8(13)5-9(15)11(16)14-10-6-12(10,2)3/h5,7,10H,4,6,13H2,1-3H3,(H,14,16). The number of anilines is 1. The lowest BCUT2D eigenvalue weighted by Gasteiger charge is -2.08. The number of aryl methyl sites for hydroxylation is 1. The van der Waals surface area contributed by atoms with Gasteiger partial charge in [0.1, 0.15) is 5.69 Å². The molecule has 16 heavy (non-hydrogen) atoms. The molecule has 1 aliphatic rings. The lowest BCUT2D eigenvalue weighted by atomic mass is 10.2. The van der Waals surface area contributed by atoms with Crippen LogP contribution in [0.25, 0.3) is 0 Å². The second kappa shape index (κ2) is 3.54. The van der Waals surface area contributed by atoms with Crippen LogP contribution in [0.5, 0.6) is 0 Å². The minimum absolute atomic E-state index is 0.0193. The zero-order chi connectivity index (χ0) is 11.9. The number of aromatic nitrogens is 1. The first-order valence-electron chi connectivity index (χ1n) is 5.70. The molecule has 1 aromatic rings. The number of nitrogens with two attached hydrogens (primary N) is 1. The Bertz CT molecular complexity index is 420. The maximum atomic E-state index is 12.0. The van der Waals surface area contributed by atoms with Gasteiger partial charge >= 0.3 is 0 Å². The SMILES string of the molecule is CCn1cc(N)cc1C(=O)NC1CC1(C)C. The summed E-state index contributed by atoms with van der Waals surface area (Å²) in [7, 11) is 0. The van der Waals surface area contributed by atoms with Crippen molar-refractivity contribution >= 4 is 11.6 Å². The van der Waals surface area contributed by atoms with E-state index < -0.39 is 0 Å². The third-order valence-electron chi connectivity index (χ3n) is 3.31. The van der Waals surface area contributed by atoms with Crippen LogP contribution in [-0.2, 0) is 6.54 Å². The first-order chi connectivity index (χ1) is 7.44. The molecule has 4 nitrogen and oxygen atoms in total. The molecule has 1 aliphatic carbocycles. The Hall–Kier alpha value is -1.45. The summed E-state index contributed by atoms with van der Waals surface area (Å²) in [5, 5.41) is 3.03. The Labute approximate surface area is 95.8 Å². The molecule has 0 radical (unpaired) electrons. The predicted molar refractivity (Wildman–Crippen MR) is 64.2 cm³/mol. The first kappa shape index (κ1) is 11.0. The van der Waals surface area contributed by atoms with Gasteiger partial charge in [-0.05, 0) is 24.8 Å². The molecule has 0 aromatic carbocycles. The van der Waals surface area contributed by atoms with Gasteiger partial charge in [0.15, 0.2) is 0 Å². The maximum Gasteiger partial charge on any atom is 0.268 e. The Morgan fingerprint density at radius 1 is 1.69 bits per heavy atom. The van der Waals surface area contributed by atoms with Crippen molar-refractivity contribution in [2.45, 2.75) is 39.8 Å². The topological polar surface area (TPSA) is 60.0 Å². The van der Waals surface area contributed by atoms with Crippen molar-refractivity contribution in [1.82, 2.24) is 9.88 Å². The minimum Gasteiger partial charge on any atom is -0.397 e. The van der Waals surface area contributed by atoms with Crippen LogP contribution in [0.3, 0.4) is 0 Å². The van der Waals surface area contributed by atoms with Gasteiger partial charge in [0.05, 0.1) is 5.69 Å². The Morgan fingerprint density at radius 3 is 2.81 bits per heavy atom. The number of rotatable bonds is 3. The van der Waals surface area contributed by atoms with E-state index in [2.05, 4.69) is 19.2 Å². The molecule has 1 amide bonds. The Kier molecular flexibility index (Phi) is 2.45. The van der Waals surface area contributed by atoms with Gasteiger partial charge in [-0.1, -0.05) is 13.8 Å². The predicted octanol–water partition coefficient (Wildman–Crippen LogP) is 1.62. The monoisotopic (exact) mass is 221 g/mol. The van der Waals surface area contributed by atoms with Crippen LogP contribution in [0.15, 0.2) is 12.3 Å². The normalized spacial score (nSPS) is 21.8. The van der Waals surface area contributed by atoms with E-state index in [-0.39, 0.29) is 11.3 Å². The molecule has 1 fully saturated rings. The zero-order valence-electron chi connectivity index (χ0n) is 10.1. The van der Waals surface area contributed by atoms with E-state index in [9.17, 15) is 4.79 Å². The van der Waals surface area contributed by atoms with E-state index in [1.165, 1.54) is 0 Å². The van der Waals surface area contributed by atoms with Gasteiger partial charge in [-0.15, -0.1) is 0 Å². The molecule has 4 heteroatoms. The van der Waals surface area contributed by atoms with Crippen molar-refractivity contribution in [3.8, 4) is 0 Å². The molecule has 3 N–H and O–H groups in total. The van der Waals surface area contributed by atoms with Crippen molar-refractivity contribution in [2.24, 2.45) is 5.41 Å². The van der Waals surface area contributed by atoms with E-state index >= 15 is 0 Å². The van der Waals surface area contributed by atoms with Gasteiger partial charge in [0.25, 0.3) is 5.91 Å². The van der Waals surface area contributed by atoms with E-state index in [0.29, 0.717) is 17.4 Å². The van der Waals surface area contributed by atoms with Crippen molar-refractivity contribution < 1.29 is 4.79 Å². The van der Waals surface area contributed by atoms with Crippen LogP contribution in [0.1, 0.15) is 37.7 Å². The third kappa shape index (κ3) is 1.92. The number of hydrogen-bond donors (Lipinski definition) is 2. The quantitative estimate of drug-likeness (QED) is 0.814. The number of hydrogen-bond acceptors (Lipinski definition) is 2. The maximum absolute atomic E-state index is 12.0. The minimum atomic E-state index is -0.0193. The fraction of sp³-hybridized carbons (Fsp3) is 0.583. The number of amides is 1. The van der Waals surface area contributed by atoms with Gasteiger partial charge in [0.2, 0.25) is 0 Å². The average Bonchev–Trinajstić information content (AvgIpc) is 2.63. The lowest BCUT2D eigenvalue weighted by Crippen LogP contribution is -2.30. The molecule has 0 aliphatic heterocycles. The van der Waals surface area contributed by atoms with Gasteiger partial charge in [-0.25, -0.2) is 0 Å². The molecule has 0 saturated heterocycles. The van der Waals surface area contributed by atoms with Crippen LogP contribution in [0.4, 0.5) is 5.69 Å². The molecule has 1 atom stereocenters. The second-order valence-electron chi connectivity index (χ2n) is 5.16. The molecule has 0 bridgehead atoms. The highest BCUT2D eigenvalue weighted by Gasteiger charge is 2.46. The Morgan fingerprint density at radius 2 is 2.31 bits per heavy atom. The van der Waals surface area contributed by atoms with Crippen molar-refractivity contribution in [1.29, 1.82) is 0 Å². The summed E-state index contributed by atoms with van der Waals surface area (Å²) in [5.41, 5.74) is 7.24. The Balaban J connectivity index is 2.09. The third-order valence-corrected chi connectivity index (χ3v) is 3.31. The molecule has 1 saturated carbocycles. The summed E-state index contributed by atoms with van der Waals surface area (Å²) in [6.45, 7) is 7.07. The molecule has 1 unspecified atom stereocenters.